The predicted molar refractivity (Wildman–Crippen MR) is 71.3 cm³/mol. The van der Waals surface area contributed by atoms with E-state index in [2.05, 4.69) is 21.0 Å². The molecule has 0 aliphatic carbocycles. The number of rotatable bonds is 4. The third-order valence-corrected chi connectivity index (χ3v) is 4.36. The van der Waals surface area contributed by atoms with Crippen LogP contribution in [0.3, 0.4) is 0 Å². The Bertz CT molecular complexity index is 458. The Morgan fingerprint density at radius 3 is 2.89 bits per heavy atom. The topological polar surface area (TPSA) is 70.1 Å². The molecule has 0 spiro atoms. The summed E-state index contributed by atoms with van der Waals surface area (Å²) >= 11 is 3.50. The number of ether oxygens (including phenoxy) is 1. The van der Waals surface area contributed by atoms with Crippen molar-refractivity contribution in [3.05, 3.63) is 15.9 Å². The van der Waals surface area contributed by atoms with Crippen molar-refractivity contribution in [3.63, 3.8) is 0 Å². The molecule has 1 aromatic rings. The molecule has 2 heterocycles. The second-order valence-electron chi connectivity index (χ2n) is 4.61. The van der Waals surface area contributed by atoms with Gasteiger partial charge in [-0.05, 0) is 29.8 Å². The van der Waals surface area contributed by atoms with Gasteiger partial charge in [-0.15, -0.1) is 0 Å². The molecule has 18 heavy (non-hydrogen) atoms. The van der Waals surface area contributed by atoms with Crippen LogP contribution in [0.15, 0.2) is 4.47 Å². The van der Waals surface area contributed by atoms with Gasteiger partial charge in [-0.1, -0.05) is 0 Å². The monoisotopic (exact) mass is 315 g/mol. The standard InChI is InChI=1S/C12H18BrN3O2/c1-3-16-10(12(13)7(2)15-16)4-11(17)8-5-18-6-9(8)14/h8-9H,3-6,14H2,1-2H3. The number of hydrogen-bond donors (Lipinski definition) is 1. The first-order valence-electron chi connectivity index (χ1n) is 6.12. The number of nitrogens with two attached hydrogens (primary N) is 1. The van der Waals surface area contributed by atoms with Gasteiger partial charge in [0.1, 0.15) is 5.78 Å². The quantitative estimate of drug-likeness (QED) is 0.902. The number of carbonyl (C=O) groups excluding carboxylic acids is 1. The fourth-order valence-electron chi connectivity index (χ4n) is 2.24. The van der Waals surface area contributed by atoms with E-state index in [0.717, 1.165) is 22.4 Å². The lowest BCUT2D eigenvalue weighted by Gasteiger charge is -2.12. The number of aryl methyl sites for hydroxylation is 2. The Morgan fingerprint density at radius 1 is 1.61 bits per heavy atom. The maximum atomic E-state index is 12.2. The van der Waals surface area contributed by atoms with Crippen molar-refractivity contribution in [3.8, 4) is 0 Å². The molecule has 2 rings (SSSR count). The Hall–Kier alpha value is -0.720. The van der Waals surface area contributed by atoms with Gasteiger partial charge >= 0.3 is 0 Å². The Kier molecular flexibility index (Phi) is 4.19. The van der Waals surface area contributed by atoms with Gasteiger partial charge in [-0.25, -0.2) is 0 Å². The van der Waals surface area contributed by atoms with Crippen LogP contribution in [-0.4, -0.2) is 34.8 Å². The molecule has 0 aromatic carbocycles. The summed E-state index contributed by atoms with van der Waals surface area (Å²) in [7, 11) is 0. The van der Waals surface area contributed by atoms with Gasteiger partial charge in [-0.3, -0.25) is 9.48 Å². The molecular weight excluding hydrogens is 298 g/mol. The van der Waals surface area contributed by atoms with Gasteiger partial charge in [0, 0.05) is 19.0 Å². The van der Waals surface area contributed by atoms with Crippen LogP contribution < -0.4 is 5.73 Å². The predicted octanol–water partition coefficient (Wildman–Crippen LogP) is 1.06. The number of aromatic nitrogens is 2. The van der Waals surface area contributed by atoms with Crippen molar-refractivity contribution in [2.45, 2.75) is 32.9 Å². The number of halogens is 1. The van der Waals surface area contributed by atoms with E-state index in [4.69, 9.17) is 10.5 Å². The molecule has 5 nitrogen and oxygen atoms in total. The van der Waals surface area contributed by atoms with E-state index >= 15 is 0 Å². The first-order valence-corrected chi connectivity index (χ1v) is 6.91. The summed E-state index contributed by atoms with van der Waals surface area (Å²) in [6, 6.07) is -0.171. The second-order valence-corrected chi connectivity index (χ2v) is 5.41. The lowest BCUT2D eigenvalue weighted by atomic mass is 9.96. The summed E-state index contributed by atoms with van der Waals surface area (Å²) in [6.45, 7) is 5.61. The molecule has 2 atom stereocenters. The molecule has 0 radical (unpaired) electrons. The molecule has 0 amide bonds. The van der Waals surface area contributed by atoms with Gasteiger partial charge in [0.05, 0.1) is 35.0 Å². The van der Waals surface area contributed by atoms with Crippen molar-refractivity contribution in [2.24, 2.45) is 11.7 Å². The number of ketones is 1. The van der Waals surface area contributed by atoms with Gasteiger partial charge in [0.2, 0.25) is 0 Å². The zero-order valence-corrected chi connectivity index (χ0v) is 12.2. The average Bonchev–Trinajstić information content (AvgIpc) is 2.87. The van der Waals surface area contributed by atoms with Crippen molar-refractivity contribution < 1.29 is 9.53 Å². The minimum Gasteiger partial charge on any atom is -0.379 e. The van der Waals surface area contributed by atoms with Crippen LogP contribution in [0.25, 0.3) is 0 Å². The van der Waals surface area contributed by atoms with E-state index in [1.165, 1.54) is 0 Å². The lowest BCUT2D eigenvalue weighted by Crippen LogP contribution is -2.35. The van der Waals surface area contributed by atoms with Crippen molar-refractivity contribution in [1.82, 2.24) is 9.78 Å². The Labute approximate surface area is 115 Å². The van der Waals surface area contributed by atoms with Gasteiger partial charge < -0.3 is 10.5 Å². The number of hydrogen-bond acceptors (Lipinski definition) is 4. The molecule has 1 aromatic heterocycles. The van der Waals surface area contributed by atoms with Crippen molar-refractivity contribution >= 4 is 21.7 Å². The third-order valence-electron chi connectivity index (χ3n) is 3.33. The lowest BCUT2D eigenvalue weighted by molar-refractivity contribution is -0.122. The van der Waals surface area contributed by atoms with E-state index in [1.54, 1.807) is 0 Å². The maximum Gasteiger partial charge on any atom is 0.145 e. The van der Waals surface area contributed by atoms with Crippen molar-refractivity contribution in [1.29, 1.82) is 0 Å². The number of nitrogens with zero attached hydrogens (tertiary/aromatic N) is 2. The smallest absolute Gasteiger partial charge is 0.145 e. The highest BCUT2D eigenvalue weighted by Crippen LogP contribution is 2.24. The van der Waals surface area contributed by atoms with Gasteiger partial charge in [0.15, 0.2) is 0 Å². The molecule has 1 aliphatic heterocycles. The van der Waals surface area contributed by atoms with Gasteiger partial charge in [-0.2, -0.15) is 5.10 Å². The molecule has 1 fully saturated rings. The fraction of sp³-hybridized carbons (Fsp3) is 0.667. The second kappa shape index (κ2) is 5.50. The largest absolute Gasteiger partial charge is 0.379 e. The minimum atomic E-state index is -0.183. The summed E-state index contributed by atoms with van der Waals surface area (Å²) in [5.41, 5.74) is 7.71. The van der Waals surface area contributed by atoms with Crippen LogP contribution in [0.1, 0.15) is 18.3 Å². The normalized spacial score (nSPS) is 23.6. The molecule has 1 saturated heterocycles. The zero-order valence-electron chi connectivity index (χ0n) is 10.6. The summed E-state index contributed by atoms with van der Waals surface area (Å²) in [6.07, 6.45) is 0.358. The fourth-order valence-corrected chi connectivity index (χ4v) is 2.66. The van der Waals surface area contributed by atoms with Crippen molar-refractivity contribution in [2.75, 3.05) is 13.2 Å². The summed E-state index contributed by atoms with van der Waals surface area (Å²) in [4.78, 5) is 12.2. The van der Waals surface area contributed by atoms with Crippen LogP contribution in [0.4, 0.5) is 0 Å². The molecule has 6 heteroatoms. The zero-order chi connectivity index (χ0) is 13.3. The van der Waals surface area contributed by atoms with Gasteiger partial charge in [0.25, 0.3) is 0 Å². The summed E-state index contributed by atoms with van der Waals surface area (Å²) in [5.74, 6) is -0.0484. The van der Waals surface area contributed by atoms with Crippen LogP contribution >= 0.6 is 15.9 Å². The minimum absolute atomic E-state index is 0.135. The van der Waals surface area contributed by atoms with Crippen LogP contribution in [0.2, 0.25) is 0 Å². The summed E-state index contributed by atoms with van der Waals surface area (Å²) in [5, 5.41) is 4.38. The van der Waals surface area contributed by atoms with E-state index in [-0.39, 0.29) is 17.7 Å². The molecule has 0 saturated carbocycles. The van der Waals surface area contributed by atoms with Crippen LogP contribution in [0.5, 0.6) is 0 Å². The highest BCUT2D eigenvalue weighted by atomic mass is 79.9. The Balaban J connectivity index is 2.16. The van der Waals surface area contributed by atoms with Crippen LogP contribution in [0, 0.1) is 12.8 Å². The highest BCUT2D eigenvalue weighted by molar-refractivity contribution is 9.10. The first-order chi connectivity index (χ1) is 8.54. The highest BCUT2D eigenvalue weighted by Gasteiger charge is 2.32. The van der Waals surface area contributed by atoms with E-state index < -0.39 is 0 Å². The molecule has 2 N–H and O–H groups in total. The Morgan fingerprint density at radius 2 is 2.33 bits per heavy atom. The molecular formula is C12H18BrN3O2. The van der Waals surface area contributed by atoms with E-state index in [0.29, 0.717) is 19.6 Å². The van der Waals surface area contributed by atoms with E-state index in [9.17, 15) is 4.79 Å². The van der Waals surface area contributed by atoms with Crippen LogP contribution in [-0.2, 0) is 22.5 Å². The SMILES string of the molecule is CCn1nc(C)c(Br)c1CC(=O)C1COCC1N. The maximum absolute atomic E-state index is 12.2. The average molecular weight is 316 g/mol. The molecule has 0 bridgehead atoms. The third kappa shape index (κ3) is 2.50. The molecule has 1 aliphatic rings. The molecule has 100 valence electrons. The summed E-state index contributed by atoms with van der Waals surface area (Å²) < 4.78 is 8.02. The number of Topliss-reactive ketones (excluding diaryl/α,β-unsaturated/α-hetero) is 1. The molecule has 2 unspecified atom stereocenters. The van der Waals surface area contributed by atoms with E-state index in [1.807, 2.05) is 18.5 Å². The number of carbonyl (C=O) groups is 1. The first kappa shape index (κ1) is 13.7.